The van der Waals surface area contributed by atoms with E-state index in [0.717, 1.165) is 22.6 Å². The average molecular weight is 383 g/mol. The zero-order valence-electron chi connectivity index (χ0n) is 14.8. The summed E-state index contributed by atoms with van der Waals surface area (Å²) in [6.45, 7) is 1.84. The number of ketones is 1. The Labute approximate surface area is 160 Å². The van der Waals surface area contributed by atoms with Crippen LogP contribution >= 0.6 is 11.3 Å². The lowest BCUT2D eigenvalue weighted by Crippen LogP contribution is -2.12. The van der Waals surface area contributed by atoms with Crippen LogP contribution in [0.2, 0.25) is 0 Å². The smallest absolute Gasteiger partial charge is 0.357 e. The van der Waals surface area contributed by atoms with E-state index in [4.69, 9.17) is 9.47 Å². The summed E-state index contributed by atoms with van der Waals surface area (Å²) in [7, 11) is 1.26. The fourth-order valence-electron chi connectivity index (χ4n) is 2.16. The maximum atomic E-state index is 12.1. The van der Waals surface area contributed by atoms with Gasteiger partial charge < -0.3 is 14.2 Å². The number of Topliss-reactive ketones (excluding diaryl/α,β-unsaturated/α-hetero) is 1. The Balaban J connectivity index is 1.55. The van der Waals surface area contributed by atoms with Crippen LogP contribution in [0, 0.1) is 6.92 Å². The highest BCUT2D eigenvalue weighted by atomic mass is 32.1. The molecule has 0 aliphatic heterocycles. The Morgan fingerprint density at radius 1 is 0.963 bits per heavy atom. The number of methoxy groups -OCH3 is 1. The van der Waals surface area contributed by atoms with Gasteiger partial charge in [0.05, 0.1) is 7.11 Å². The summed E-state index contributed by atoms with van der Waals surface area (Å²) in [5, 5.41) is 1.69. The molecule has 0 aliphatic carbocycles. The molecule has 0 N–H and O–H groups in total. The van der Waals surface area contributed by atoms with Crippen molar-refractivity contribution in [3.05, 3.63) is 70.2 Å². The van der Waals surface area contributed by atoms with Gasteiger partial charge in [0.25, 0.3) is 0 Å². The molecular weight excluding hydrogens is 366 g/mol. The summed E-state index contributed by atoms with van der Waals surface area (Å²) in [5.41, 5.74) is 1.28. The predicted molar refractivity (Wildman–Crippen MR) is 101 cm³/mol. The van der Waals surface area contributed by atoms with Crippen LogP contribution in [-0.4, -0.2) is 30.5 Å². The van der Waals surface area contributed by atoms with Crippen molar-refractivity contribution in [3.63, 3.8) is 0 Å². The molecule has 0 bridgehead atoms. The molecule has 3 rings (SSSR count). The standard InChI is InChI=1S/C20H17NO5S/c1-13-3-5-15(6-4-13)26-16-9-7-14(8-10-16)25-11-18(22)19-21-17(12-27-19)20(23)24-2/h3-10,12H,11H2,1-2H3. The maximum absolute atomic E-state index is 12.1. The number of nitrogens with zero attached hydrogens (tertiary/aromatic N) is 1. The van der Waals surface area contributed by atoms with Gasteiger partial charge in [-0.1, -0.05) is 17.7 Å². The van der Waals surface area contributed by atoms with Gasteiger partial charge in [-0.2, -0.15) is 0 Å². The highest BCUT2D eigenvalue weighted by Gasteiger charge is 2.16. The van der Waals surface area contributed by atoms with Gasteiger partial charge in [0.2, 0.25) is 5.78 Å². The lowest BCUT2D eigenvalue weighted by molar-refractivity contribution is 0.0595. The summed E-state index contributed by atoms with van der Waals surface area (Å²) in [5.74, 6) is 1.06. The SMILES string of the molecule is COC(=O)c1csc(C(=O)COc2ccc(Oc3ccc(C)cc3)cc2)n1. The molecule has 0 amide bonds. The lowest BCUT2D eigenvalue weighted by Gasteiger charge is -2.08. The minimum atomic E-state index is -0.574. The molecule has 0 saturated carbocycles. The third-order valence-electron chi connectivity index (χ3n) is 3.59. The first-order chi connectivity index (χ1) is 13.0. The quantitative estimate of drug-likeness (QED) is 0.447. The van der Waals surface area contributed by atoms with E-state index in [0.29, 0.717) is 11.5 Å². The van der Waals surface area contributed by atoms with Crippen LogP contribution in [0.1, 0.15) is 25.9 Å². The Bertz CT molecular complexity index is 932. The highest BCUT2D eigenvalue weighted by Crippen LogP contribution is 2.24. The Morgan fingerprint density at radius 2 is 1.56 bits per heavy atom. The van der Waals surface area contributed by atoms with Crippen LogP contribution in [0.4, 0.5) is 0 Å². The van der Waals surface area contributed by atoms with Crippen molar-refractivity contribution in [3.8, 4) is 17.2 Å². The monoisotopic (exact) mass is 383 g/mol. The third kappa shape index (κ3) is 4.92. The van der Waals surface area contributed by atoms with Crippen molar-refractivity contribution in [2.45, 2.75) is 6.92 Å². The number of carbonyl (C=O) groups excluding carboxylic acids is 2. The number of carbonyl (C=O) groups is 2. The fourth-order valence-corrected chi connectivity index (χ4v) is 2.87. The largest absolute Gasteiger partial charge is 0.485 e. The lowest BCUT2D eigenvalue weighted by atomic mass is 10.2. The van der Waals surface area contributed by atoms with Gasteiger partial charge >= 0.3 is 5.97 Å². The molecule has 6 nitrogen and oxygen atoms in total. The summed E-state index contributed by atoms with van der Waals surface area (Å²) >= 11 is 1.08. The normalized spacial score (nSPS) is 10.3. The molecular formula is C20H17NO5S. The number of hydrogen-bond acceptors (Lipinski definition) is 7. The van der Waals surface area contributed by atoms with Crippen LogP contribution < -0.4 is 9.47 Å². The molecule has 0 radical (unpaired) electrons. The zero-order chi connectivity index (χ0) is 19.2. The van der Waals surface area contributed by atoms with Crippen molar-refractivity contribution >= 4 is 23.1 Å². The number of aromatic nitrogens is 1. The number of thiazole rings is 1. The average Bonchev–Trinajstić information content (AvgIpc) is 3.19. The fraction of sp³-hybridized carbons (Fsp3) is 0.150. The summed E-state index contributed by atoms with van der Waals surface area (Å²) in [4.78, 5) is 27.5. The van der Waals surface area contributed by atoms with Gasteiger partial charge in [-0.25, -0.2) is 9.78 Å². The number of benzene rings is 2. The topological polar surface area (TPSA) is 74.7 Å². The highest BCUT2D eigenvalue weighted by molar-refractivity contribution is 7.12. The molecule has 2 aromatic carbocycles. The van der Waals surface area contributed by atoms with Gasteiger partial charge in [-0.15, -0.1) is 11.3 Å². The first kappa shape index (κ1) is 18.6. The Hall–Kier alpha value is -3.19. The molecule has 0 fully saturated rings. The third-order valence-corrected chi connectivity index (χ3v) is 4.47. The van der Waals surface area contributed by atoms with E-state index < -0.39 is 5.97 Å². The zero-order valence-corrected chi connectivity index (χ0v) is 15.6. The number of ether oxygens (including phenoxy) is 3. The molecule has 0 saturated heterocycles. The van der Waals surface area contributed by atoms with E-state index >= 15 is 0 Å². The molecule has 1 heterocycles. The van der Waals surface area contributed by atoms with Crippen LogP contribution in [0.5, 0.6) is 17.2 Å². The number of aryl methyl sites for hydroxylation is 1. The number of rotatable bonds is 7. The number of esters is 1. The minimum absolute atomic E-state index is 0.114. The first-order valence-electron chi connectivity index (χ1n) is 8.09. The Morgan fingerprint density at radius 3 is 2.19 bits per heavy atom. The molecule has 138 valence electrons. The van der Waals surface area contributed by atoms with Gasteiger partial charge in [0.1, 0.15) is 17.2 Å². The Kier molecular flexibility index (Phi) is 5.83. The van der Waals surface area contributed by atoms with Crippen LogP contribution in [-0.2, 0) is 4.74 Å². The molecule has 0 atom stereocenters. The van der Waals surface area contributed by atoms with E-state index in [2.05, 4.69) is 9.72 Å². The van der Waals surface area contributed by atoms with E-state index in [-0.39, 0.29) is 23.1 Å². The summed E-state index contributed by atoms with van der Waals surface area (Å²) in [6.07, 6.45) is 0. The van der Waals surface area contributed by atoms with Crippen molar-refractivity contribution in [2.24, 2.45) is 0 Å². The van der Waals surface area contributed by atoms with Crippen molar-refractivity contribution in [2.75, 3.05) is 13.7 Å². The predicted octanol–water partition coefficient (Wildman–Crippen LogP) is 4.29. The molecule has 27 heavy (non-hydrogen) atoms. The second-order valence-electron chi connectivity index (χ2n) is 5.63. The second-order valence-corrected chi connectivity index (χ2v) is 6.49. The van der Waals surface area contributed by atoms with E-state index in [1.165, 1.54) is 12.5 Å². The molecule has 0 spiro atoms. The van der Waals surface area contributed by atoms with Crippen LogP contribution in [0.15, 0.2) is 53.9 Å². The first-order valence-corrected chi connectivity index (χ1v) is 8.97. The van der Waals surface area contributed by atoms with Crippen LogP contribution in [0.25, 0.3) is 0 Å². The van der Waals surface area contributed by atoms with Crippen molar-refractivity contribution in [1.82, 2.24) is 4.98 Å². The summed E-state index contributed by atoms with van der Waals surface area (Å²) in [6, 6.07) is 14.7. The van der Waals surface area contributed by atoms with Gasteiger partial charge in [-0.3, -0.25) is 4.79 Å². The molecule has 1 aromatic heterocycles. The van der Waals surface area contributed by atoms with E-state index in [1.807, 2.05) is 31.2 Å². The van der Waals surface area contributed by atoms with Crippen LogP contribution in [0.3, 0.4) is 0 Å². The van der Waals surface area contributed by atoms with E-state index in [1.54, 1.807) is 24.3 Å². The molecule has 0 aliphatic rings. The van der Waals surface area contributed by atoms with Gasteiger partial charge in [-0.05, 0) is 43.3 Å². The molecule has 0 unspecified atom stereocenters. The van der Waals surface area contributed by atoms with Gasteiger partial charge in [0.15, 0.2) is 17.3 Å². The second kappa shape index (κ2) is 8.46. The molecule has 7 heteroatoms. The van der Waals surface area contributed by atoms with Crippen molar-refractivity contribution in [1.29, 1.82) is 0 Å². The number of hydrogen-bond donors (Lipinski definition) is 0. The summed E-state index contributed by atoms with van der Waals surface area (Å²) < 4.78 is 15.8. The maximum Gasteiger partial charge on any atom is 0.357 e. The molecule has 3 aromatic rings. The van der Waals surface area contributed by atoms with Gasteiger partial charge in [0, 0.05) is 5.38 Å². The van der Waals surface area contributed by atoms with E-state index in [9.17, 15) is 9.59 Å². The minimum Gasteiger partial charge on any atom is -0.485 e. The van der Waals surface area contributed by atoms with Crippen molar-refractivity contribution < 1.29 is 23.8 Å².